The van der Waals surface area contributed by atoms with Gasteiger partial charge in [-0.15, -0.1) is 0 Å². The van der Waals surface area contributed by atoms with Gasteiger partial charge < -0.3 is 15.3 Å². The summed E-state index contributed by atoms with van der Waals surface area (Å²) < 4.78 is 0. The molecule has 5 nitrogen and oxygen atoms in total. The molecule has 2 aliphatic rings. The summed E-state index contributed by atoms with van der Waals surface area (Å²) in [7, 11) is 0. The molecule has 1 aliphatic heterocycles. The van der Waals surface area contributed by atoms with E-state index in [4.69, 9.17) is 5.11 Å². The van der Waals surface area contributed by atoms with Crippen LogP contribution in [0.25, 0.3) is 0 Å². The zero-order chi connectivity index (χ0) is 14.6. The van der Waals surface area contributed by atoms with E-state index in [0.717, 1.165) is 25.9 Å². The van der Waals surface area contributed by atoms with E-state index in [1.807, 2.05) is 0 Å². The van der Waals surface area contributed by atoms with Gasteiger partial charge in [0.1, 0.15) is 0 Å². The Morgan fingerprint density at radius 2 is 2.00 bits per heavy atom. The maximum atomic E-state index is 12.2. The first kappa shape index (κ1) is 15.1. The molecule has 1 aliphatic carbocycles. The lowest BCUT2D eigenvalue weighted by Gasteiger charge is -2.33. The Bertz CT molecular complexity index is 364. The lowest BCUT2D eigenvalue weighted by Crippen LogP contribution is -2.48. The molecule has 2 N–H and O–H groups in total. The number of carbonyl (C=O) groups excluding carboxylic acids is 1. The summed E-state index contributed by atoms with van der Waals surface area (Å²) in [4.78, 5) is 24.7. The van der Waals surface area contributed by atoms with Crippen molar-refractivity contribution in [3.05, 3.63) is 0 Å². The quantitative estimate of drug-likeness (QED) is 0.832. The van der Waals surface area contributed by atoms with Gasteiger partial charge in [0.15, 0.2) is 0 Å². The predicted octanol–water partition coefficient (Wildman–Crippen LogP) is 2.46. The van der Waals surface area contributed by atoms with Gasteiger partial charge >= 0.3 is 12.0 Å². The molecule has 1 saturated carbocycles. The lowest BCUT2D eigenvalue weighted by atomic mass is 9.89. The average Bonchev–Trinajstić information content (AvgIpc) is 2.83. The Morgan fingerprint density at radius 1 is 1.30 bits per heavy atom. The molecule has 20 heavy (non-hydrogen) atoms. The fourth-order valence-corrected chi connectivity index (χ4v) is 3.47. The number of nitrogens with one attached hydrogen (secondary N) is 1. The molecular weight excluding hydrogens is 256 g/mol. The largest absolute Gasteiger partial charge is 0.481 e. The summed E-state index contributed by atoms with van der Waals surface area (Å²) in [5.41, 5.74) is 0.256. The van der Waals surface area contributed by atoms with Crippen LogP contribution in [0.1, 0.15) is 51.9 Å². The number of carboxylic acids is 1. The molecular formula is C15H26N2O3. The Labute approximate surface area is 120 Å². The standard InChI is InChI=1S/C15H26N2O3/c1-15(6-2-3-7-15)11-16-14(20)17-8-4-5-12(10-17)9-13(18)19/h12H,2-11H2,1H3,(H,16,20)(H,18,19). The smallest absolute Gasteiger partial charge is 0.317 e. The number of amides is 2. The lowest BCUT2D eigenvalue weighted by molar-refractivity contribution is -0.138. The molecule has 1 unspecified atom stereocenters. The number of carboxylic acid groups (broad SMARTS) is 1. The van der Waals surface area contributed by atoms with Crippen molar-refractivity contribution in [3.8, 4) is 0 Å². The summed E-state index contributed by atoms with van der Waals surface area (Å²) >= 11 is 0. The van der Waals surface area contributed by atoms with Crippen molar-refractivity contribution < 1.29 is 14.7 Å². The highest BCUT2D eigenvalue weighted by Gasteiger charge is 2.30. The highest BCUT2D eigenvalue weighted by molar-refractivity contribution is 5.74. The fraction of sp³-hybridized carbons (Fsp3) is 0.867. The van der Waals surface area contributed by atoms with Gasteiger partial charge in [0.2, 0.25) is 0 Å². The van der Waals surface area contributed by atoms with Crippen LogP contribution in [0.3, 0.4) is 0 Å². The number of hydrogen-bond acceptors (Lipinski definition) is 2. The first-order valence-corrected chi connectivity index (χ1v) is 7.73. The van der Waals surface area contributed by atoms with E-state index in [1.165, 1.54) is 25.7 Å². The Morgan fingerprint density at radius 3 is 2.65 bits per heavy atom. The molecule has 1 saturated heterocycles. The number of carbonyl (C=O) groups is 2. The monoisotopic (exact) mass is 282 g/mol. The van der Waals surface area contributed by atoms with E-state index in [0.29, 0.717) is 6.54 Å². The second-order valence-corrected chi connectivity index (χ2v) is 6.73. The van der Waals surface area contributed by atoms with Gasteiger partial charge in [0.25, 0.3) is 0 Å². The van der Waals surface area contributed by atoms with Crippen LogP contribution in [0.5, 0.6) is 0 Å². The van der Waals surface area contributed by atoms with E-state index >= 15 is 0 Å². The van der Waals surface area contributed by atoms with Crippen molar-refractivity contribution in [1.82, 2.24) is 10.2 Å². The topological polar surface area (TPSA) is 69.6 Å². The van der Waals surface area contributed by atoms with E-state index in [2.05, 4.69) is 12.2 Å². The number of piperidine rings is 1. The summed E-state index contributed by atoms with van der Waals surface area (Å²) in [5.74, 6) is -0.662. The maximum absolute atomic E-state index is 12.2. The molecule has 1 heterocycles. The Balaban J connectivity index is 1.78. The number of rotatable bonds is 4. The normalized spacial score (nSPS) is 25.4. The van der Waals surface area contributed by atoms with Crippen LogP contribution in [-0.4, -0.2) is 41.6 Å². The minimum atomic E-state index is -0.768. The van der Waals surface area contributed by atoms with Crippen molar-refractivity contribution in [2.45, 2.75) is 51.9 Å². The van der Waals surface area contributed by atoms with E-state index in [1.54, 1.807) is 4.90 Å². The van der Waals surface area contributed by atoms with Crippen LogP contribution in [0.15, 0.2) is 0 Å². The molecule has 2 rings (SSSR count). The summed E-state index contributed by atoms with van der Waals surface area (Å²) in [6.07, 6.45) is 6.88. The third-order valence-corrected chi connectivity index (χ3v) is 4.75. The van der Waals surface area contributed by atoms with Crippen LogP contribution in [-0.2, 0) is 4.79 Å². The Kier molecular flexibility index (Phi) is 4.89. The van der Waals surface area contributed by atoms with Crippen molar-refractivity contribution in [3.63, 3.8) is 0 Å². The first-order valence-electron chi connectivity index (χ1n) is 7.73. The Hall–Kier alpha value is -1.26. The highest BCUT2D eigenvalue weighted by Crippen LogP contribution is 2.36. The average molecular weight is 282 g/mol. The van der Waals surface area contributed by atoms with Crippen LogP contribution in [0.2, 0.25) is 0 Å². The minimum absolute atomic E-state index is 0.0202. The van der Waals surface area contributed by atoms with Crippen molar-refractivity contribution in [2.24, 2.45) is 11.3 Å². The van der Waals surface area contributed by atoms with E-state index in [-0.39, 0.29) is 23.8 Å². The zero-order valence-electron chi connectivity index (χ0n) is 12.4. The number of nitrogens with zero attached hydrogens (tertiary/aromatic N) is 1. The van der Waals surface area contributed by atoms with Crippen molar-refractivity contribution >= 4 is 12.0 Å². The highest BCUT2D eigenvalue weighted by atomic mass is 16.4. The summed E-state index contributed by atoms with van der Waals surface area (Å²) in [5, 5.41) is 11.9. The number of hydrogen-bond donors (Lipinski definition) is 2. The second-order valence-electron chi connectivity index (χ2n) is 6.73. The van der Waals surface area contributed by atoms with Gasteiger partial charge in [-0.2, -0.15) is 0 Å². The van der Waals surface area contributed by atoms with Gasteiger partial charge in [0, 0.05) is 26.1 Å². The van der Waals surface area contributed by atoms with Gasteiger partial charge in [-0.3, -0.25) is 4.79 Å². The SMILES string of the molecule is CC1(CNC(=O)N2CCCC(CC(=O)O)C2)CCCC1. The molecule has 0 radical (unpaired) electrons. The predicted molar refractivity (Wildman–Crippen MR) is 76.5 cm³/mol. The van der Waals surface area contributed by atoms with Gasteiger partial charge in [0.05, 0.1) is 0 Å². The van der Waals surface area contributed by atoms with Crippen molar-refractivity contribution in [1.29, 1.82) is 0 Å². The maximum Gasteiger partial charge on any atom is 0.317 e. The number of aliphatic carboxylic acids is 1. The fourth-order valence-electron chi connectivity index (χ4n) is 3.47. The molecule has 2 fully saturated rings. The van der Waals surface area contributed by atoms with Gasteiger partial charge in [-0.1, -0.05) is 19.8 Å². The molecule has 0 aromatic carbocycles. The van der Waals surface area contributed by atoms with Gasteiger partial charge in [-0.25, -0.2) is 4.79 Å². The van der Waals surface area contributed by atoms with Crippen LogP contribution in [0, 0.1) is 11.3 Å². The van der Waals surface area contributed by atoms with E-state index < -0.39 is 5.97 Å². The number of likely N-dealkylation sites (tertiary alicyclic amines) is 1. The first-order chi connectivity index (χ1) is 9.48. The zero-order valence-corrected chi connectivity index (χ0v) is 12.4. The molecule has 114 valence electrons. The summed E-state index contributed by atoms with van der Waals surface area (Å²) in [6, 6.07) is -0.0202. The van der Waals surface area contributed by atoms with Crippen molar-refractivity contribution in [2.75, 3.05) is 19.6 Å². The molecule has 0 spiro atoms. The molecule has 0 aromatic rings. The van der Waals surface area contributed by atoms with E-state index in [9.17, 15) is 9.59 Å². The second kappa shape index (κ2) is 6.46. The third-order valence-electron chi connectivity index (χ3n) is 4.75. The minimum Gasteiger partial charge on any atom is -0.481 e. The molecule has 5 heteroatoms. The number of urea groups is 1. The molecule has 1 atom stereocenters. The molecule has 0 aromatic heterocycles. The third kappa shape index (κ3) is 4.12. The van der Waals surface area contributed by atoms with Crippen LogP contribution in [0.4, 0.5) is 4.79 Å². The summed E-state index contributed by atoms with van der Waals surface area (Å²) in [6.45, 7) is 4.31. The van der Waals surface area contributed by atoms with Crippen LogP contribution < -0.4 is 5.32 Å². The van der Waals surface area contributed by atoms with Gasteiger partial charge in [-0.05, 0) is 37.0 Å². The van der Waals surface area contributed by atoms with Crippen LogP contribution >= 0.6 is 0 Å². The molecule has 2 amide bonds. The molecule has 0 bridgehead atoms.